The van der Waals surface area contributed by atoms with E-state index in [4.69, 9.17) is 4.74 Å². The zero-order valence-corrected chi connectivity index (χ0v) is 16.7. The smallest absolute Gasteiger partial charge is 0.338 e. The fraction of sp³-hybridized carbons (Fsp3) is 0.500. The topological polar surface area (TPSA) is 125 Å². The fourth-order valence-corrected chi connectivity index (χ4v) is 3.13. The highest BCUT2D eigenvalue weighted by Crippen LogP contribution is 2.15. The lowest BCUT2D eigenvalue weighted by molar-refractivity contribution is -0.125. The number of nitrogens with zero attached hydrogens (tertiary/aromatic N) is 1. The van der Waals surface area contributed by atoms with Crippen molar-refractivity contribution >= 4 is 21.9 Å². The number of hydrogen-bond acceptors (Lipinski definition) is 6. The van der Waals surface area contributed by atoms with Crippen molar-refractivity contribution in [1.82, 2.24) is 10.0 Å². The summed E-state index contributed by atoms with van der Waals surface area (Å²) >= 11 is 0. The van der Waals surface area contributed by atoms with Gasteiger partial charge in [0.2, 0.25) is 10.0 Å². The highest BCUT2D eigenvalue weighted by Gasteiger charge is 2.30. The van der Waals surface area contributed by atoms with E-state index in [9.17, 15) is 23.3 Å². The highest BCUT2D eigenvalue weighted by atomic mass is 32.2. The van der Waals surface area contributed by atoms with Gasteiger partial charge in [-0.1, -0.05) is 26.8 Å². The predicted octanol–water partition coefficient (Wildman–Crippen LogP) is 1.59. The second kappa shape index (κ2) is 9.48. The van der Waals surface area contributed by atoms with Crippen LogP contribution in [0.2, 0.25) is 0 Å². The number of nitrogens with one attached hydrogen (secondary N) is 2. The molecule has 9 heteroatoms. The van der Waals surface area contributed by atoms with Gasteiger partial charge < -0.3 is 10.1 Å². The third kappa shape index (κ3) is 6.34. The van der Waals surface area contributed by atoms with E-state index in [1.165, 1.54) is 24.3 Å². The Morgan fingerprint density at radius 1 is 1.33 bits per heavy atom. The molecule has 1 rings (SSSR count). The number of sulfonamides is 1. The summed E-state index contributed by atoms with van der Waals surface area (Å²) in [5, 5.41) is 11.7. The minimum Gasteiger partial charge on any atom is -0.452 e. The van der Waals surface area contributed by atoms with Crippen molar-refractivity contribution in [3.63, 3.8) is 0 Å². The van der Waals surface area contributed by atoms with Crippen molar-refractivity contribution in [2.24, 2.45) is 5.92 Å². The molecule has 1 amide bonds. The first kappa shape index (κ1) is 22.6. The first-order valence-electron chi connectivity index (χ1n) is 8.55. The summed E-state index contributed by atoms with van der Waals surface area (Å²) in [4.78, 5) is 24.0. The molecule has 0 saturated heterocycles. The predicted molar refractivity (Wildman–Crippen MR) is 99.2 cm³/mol. The van der Waals surface area contributed by atoms with Gasteiger partial charge in [0.05, 0.1) is 16.5 Å². The highest BCUT2D eigenvalue weighted by molar-refractivity contribution is 7.89. The number of esters is 1. The number of benzene rings is 1. The van der Waals surface area contributed by atoms with E-state index in [1.807, 2.05) is 13.0 Å². The van der Waals surface area contributed by atoms with Crippen LogP contribution in [0.3, 0.4) is 0 Å². The van der Waals surface area contributed by atoms with Gasteiger partial charge in [-0.3, -0.25) is 4.79 Å². The molecule has 2 N–H and O–H groups in total. The Bertz CT molecular complexity index is 830. The Morgan fingerprint density at radius 3 is 2.56 bits per heavy atom. The van der Waals surface area contributed by atoms with E-state index >= 15 is 0 Å². The molecule has 0 unspecified atom stereocenters. The van der Waals surface area contributed by atoms with Crippen molar-refractivity contribution in [3.05, 3.63) is 29.8 Å². The molecular weight excluding hydrogens is 370 g/mol. The normalized spacial score (nSPS) is 13.5. The van der Waals surface area contributed by atoms with E-state index in [-0.39, 0.29) is 22.9 Å². The van der Waals surface area contributed by atoms with Gasteiger partial charge in [-0.15, -0.1) is 0 Å². The number of rotatable bonds is 9. The van der Waals surface area contributed by atoms with E-state index in [0.717, 1.165) is 0 Å². The largest absolute Gasteiger partial charge is 0.452 e. The Morgan fingerprint density at radius 2 is 2.00 bits per heavy atom. The van der Waals surface area contributed by atoms with Gasteiger partial charge in [0.25, 0.3) is 5.91 Å². The first-order chi connectivity index (χ1) is 12.6. The van der Waals surface area contributed by atoms with Crippen LogP contribution in [-0.4, -0.2) is 39.0 Å². The maximum absolute atomic E-state index is 12.1. The fourth-order valence-electron chi connectivity index (χ4n) is 1.95. The SMILES string of the molecule is CCCNS(=O)(=O)c1cccc(C(=O)OCC(=O)N[C@@](C)(C#N)C(C)C)c1. The molecule has 0 aliphatic heterocycles. The standard InChI is InChI=1S/C18H25N3O5S/c1-5-9-20-27(24,25)15-8-6-7-14(10-15)17(23)26-11-16(22)21-18(4,12-19)13(2)3/h6-8,10,13,20H,5,9,11H2,1-4H3,(H,21,22)/t18-/m0/s1. The second-order valence-electron chi connectivity index (χ2n) is 6.52. The summed E-state index contributed by atoms with van der Waals surface area (Å²) in [5.41, 5.74) is -1.07. The van der Waals surface area contributed by atoms with Crippen LogP contribution in [0.4, 0.5) is 0 Å². The molecule has 148 valence electrons. The van der Waals surface area contributed by atoms with Crippen LogP contribution >= 0.6 is 0 Å². The Kier molecular flexibility index (Phi) is 7.94. The molecule has 27 heavy (non-hydrogen) atoms. The molecular formula is C18H25N3O5S. The van der Waals surface area contributed by atoms with Gasteiger partial charge >= 0.3 is 5.97 Å². The van der Waals surface area contributed by atoms with E-state index in [1.54, 1.807) is 20.8 Å². The van der Waals surface area contributed by atoms with Crippen LogP contribution in [0.25, 0.3) is 0 Å². The molecule has 0 aromatic heterocycles. The van der Waals surface area contributed by atoms with Crippen LogP contribution in [0, 0.1) is 17.2 Å². The van der Waals surface area contributed by atoms with Crippen molar-refractivity contribution in [1.29, 1.82) is 5.26 Å². The maximum Gasteiger partial charge on any atom is 0.338 e. The minimum absolute atomic E-state index is 0.00841. The molecule has 8 nitrogen and oxygen atoms in total. The molecule has 1 atom stereocenters. The number of nitriles is 1. The molecule has 0 aliphatic carbocycles. The van der Waals surface area contributed by atoms with Crippen molar-refractivity contribution in [2.75, 3.05) is 13.2 Å². The van der Waals surface area contributed by atoms with Crippen LogP contribution < -0.4 is 10.0 Å². The summed E-state index contributed by atoms with van der Waals surface area (Å²) in [7, 11) is -3.72. The van der Waals surface area contributed by atoms with Gasteiger partial charge in [0.15, 0.2) is 6.61 Å². The van der Waals surface area contributed by atoms with E-state index in [2.05, 4.69) is 10.0 Å². The van der Waals surface area contributed by atoms with Crippen LogP contribution in [-0.2, 0) is 19.6 Å². The number of ether oxygens (including phenoxy) is 1. The molecule has 1 aromatic rings. The quantitative estimate of drug-likeness (QED) is 0.612. The van der Waals surface area contributed by atoms with Gasteiger partial charge in [0.1, 0.15) is 5.54 Å². The molecule has 0 saturated carbocycles. The maximum atomic E-state index is 12.1. The first-order valence-corrected chi connectivity index (χ1v) is 10.0. The Hall–Kier alpha value is -2.44. The van der Waals surface area contributed by atoms with Gasteiger partial charge in [-0.05, 0) is 37.5 Å². The number of carbonyl (C=O) groups excluding carboxylic acids is 2. The molecule has 0 aliphatic rings. The lowest BCUT2D eigenvalue weighted by Gasteiger charge is -2.27. The molecule has 0 radical (unpaired) electrons. The number of amides is 1. The lowest BCUT2D eigenvalue weighted by Crippen LogP contribution is -2.50. The van der Waals surface area contributed by atoms with E-state index < -0.39 is 34.0 Å². The summed E-state index contributed by atoms with van der Waals surface area (Å²) in [6.45, 7) is 6.69. The summed E-state index contributed by atoms with van der Waals surface area (Å²) in [5.74, 6) is -1.59. The van der Waals surface area contributed by atoms with Gasteiger partial charge in [-0.25, -0.2) is 17.9 Å². The summed E-state index contributed by atoms with van der Waals surface area (Å²) in [6, 6.07) is 7.39. The third-order valence-corrected chi connectivity index (χ3v) is 5.50. The average Bonchev–Trinajstić information content (AvgIpc) is 2.64. The molecule has 0 fully saturated rings. The van der Waals surface area contributed by atoms with E-state index in [0.29, 0.717) is 6.42 Å². The van der Waals surface area contributed by atoms with Crippen molar-refractivity contribution in [2.45, 2.75) is 44.6 Å². The monoisotopic (exact) mass is 395 g/mol. The molecule has 0 spiro atoms. The zero-order chi connectivity index (χ0) is 20.7. The van der Waals surface area contributed by atoms with Crippen molar-refractivity contribution in [3.8, 4) is 6.07 Å². The van der Waals surface area contributed by atoms with Crippen molar-refractivity contribution < 1.29 is 22.7 Å². The third-order valence-electron chi connectivity index (χ3n) is 4.04. The average molecular weight is 395 g/mol. The number of hydrogen-bond donors (Lipinski definition) is 2. The Balaban J connectivity index is 2.78. The summed E-state index contributed by atoms with van der Waals surface area (Å²) in [6.07, 6.45) is 0.633. The Labute approximate surface area is 160 Å². The molecule has 0 heterocycles. The molecule has 1 aromatic carbocycles. The zero-order valence-electron chi connectivity index (χ0n) is 15.9. The number of carbonyl (C=O) groups is 2. The lowest BCUT2D eigenvalue weighted by atomic mass is 9.90. The second-order valence-corrected chi connectivity index (χ2v) is 8.29. The minimum atomic E-state index is -3.72. The van der Waals surface area contributed by atoms with Crippen LogP contribution in [0.15, 0.2) is 29.2 Å². The summed E-state index contributed by atoms with van der Waals surface area (Å²) < 4.78 is 31.6. The molecule has 0 bridgehead atoms. The van der Waals surface area contributed by atoms with Crippen LogP contribution in [0.5, 0.6) is 0 Å². The van der Waals surface area contributed by atoms with Gasteiger partial charge in [-0.2, -0.15) is 5.26 Å². The van der Waals surface area contributed by atoms with Gasteiger partial charge in [0, 0.05) is 6.54 Å². The van der Waals surface area contributed by atoms with Crippen LogP contribution in [0.1, 0.15) is 44.5 Å².